The third-order valence-corrected chi connectivity index (χ3v) is 5.08. The Morgan fingerprint density at radius 3 is 2.52 bits per heavy atom. The lowest BCUT2D eigenvalue weighted by molar-refractivity contribution is 0.380. The number of piperazine rings is 1. The van der Waals surface area contributed by atoms with Crippen LogP contribution in [-0.2, 0) is 6.42 Å². The fraction of sp³-hybridized carbons (Fsp3) is 0.333. The molecule has 0 spiro atoms. The summed E-state index contributed by atoms with van der Waals surface area (Å²) in [6, 6.07) is 14.7. The predicted octanol–water partition coefficient (Wildman–Crippen LogP) is 3.39. The molecule has 8 heteroatoms. The summed E-state index contributed by atoms with van der Waals surface area (Å²) < 4.78 is 13.1. The lowest BCUT2D eigenvalue weighted by Crippen LogP contribution is -2.51. The van der Waals surface area contributed by atoms with E-state index >= 15 is 0 Å². The summed E-state index contributed by atoms with van der Waals surface area (Å²) in [4.78, 5) is 16.8. The van der Waals surface area contributed by atoms with Crippen molar-refractivity contribution in [3.63, 3.8) is 0 Å². The van der Waals surface area contributed by atoms with Gasteiger partial charge in [0.15, 0.2) is 5.96 Å². The van der Waals surface area contributed by atoms with Crippen LogP contribution in [0.3, 0.4) is 0 Å². The number of halogens is 2. The maximum atomic E-state index is 13.1. The number of imidazole rings is 1. The smallest absolute Gasteiger partial charge is 0.191 e. The monoisotopic (exact) mass is 508 g/mol. The molecule has 0 aliphatic carbocycles. The number of guanidine groups is 1. The van der Waals surface area contributed by atoms with Crippen molar-refractivity contribution >= 4 is 46.7 Å². The zero-order valence-electron chi connectivity index (χ0n) is 16.2. The molecule has 2 heterocycles. The van der Waals surface area contributed by atoms with E-state index in [1.54, 1.807) is 0 Å². The molecule has 6 nitrogen and oxygen atoms in total. The van der Waals surface area contributed by atoms with Crippen LogP contribution < -0.4 is 10.6 Å². The van der Waals surface area contributed by atoms with E-state index in [9.17, 15) is 4.39 Å². The van der Waals surface area contributed by atoms with Gasteiger partial charge in [-0.15, -0.1) is 24.0 Å². The number of fused-ring (bicyclic) bond motifs is 1. The Balaban J connectivity index is 0.00000240. The number of aromatic nitrogens is 2. The number of hydrogen-bond donors (Lipinski definition) is 2. The predicted molar refractivity (Wildman–Crippen MR) is 127 cm³/mol. The summed E-state index contributed by atoms with van der Waals surface area (Å²) in [5.41, 5.74) is 9.29. The van der Waals surface area contributed by atoms with Crippen LogP contribution in [0.1, 0.15) is 12.2 Å². The number of aliphatic imine (C=N–C) groups is 1. The molecule has 1 saturated heterocycles. The quantitative estimate of drug-likeness (QED) is 0.240. The third-order valence-electron chi connectivity index (χ3n) is 5.08. The minimum Gasteiger partial charge on any atom is -0.370 e. The van der Waals surface area contributed by atoms with Crippen molar-refractivity contribution in [1.82, 2.24) is 14.9 Å². The van der Waals surface area contributed by atoms with Crippen molar-refractivity contribution in [2.75, 3.05) is 37.6 Å². The number of rotatable bonds is 5. The number of hydrogen-bond acceptors (Lipinski definition) is 3. The largest absolute Gasteiger partial charge is 0.370 e. The van der Waals surface area contributed by atoms with Gasteiger partial charge in [-0.25, -0.2) is 9.37 Å². The van der Waals surface area contributed by atoms with E-state index in [1.807, 2.05) is 36.4 Å². The number of benzene rings is 2. The molecule has 0 saturated carbocycles. The molecule has 2 aromatic carbocycles. The molecule has 0 amide bonds. The molecule has 154 valence electrons. The van der Waals surface area contributed by atoms with E-state index in [2.05, 4.69) is 24.8 Å². The molecule has 0 bridgehead atoms. The highest BCUT2D eigenvalue weighted by molar-refractivity contribution is 14.0. The highest BCUT2D eigenvalue weighted by Gasteiger charge is 2.18. The molecule has 0 radical (unpaired) electrons. The van der Waals surface area contributed by atoms with E-state index in [4.69, 9.17) is 5.73 Å². The summed E-state index contributed by atoms with van der Waals surface area (Å²) >= 11 is 0. The van der Waals surface area contributed by atoms with Crippen LogP contribution in [-0.4, -0.2) is 53.6 Å². The van der Waals surface area contributed by atoms with Crippen LogP contribution in [0.25, 0.3) is 11.0 Å². The number of aromatic amines is 1. The fourth-order valence-corrected chi connectivity index (χ4v) is 3.51. The Labute approximate surface area is 187 Å². The van der Waals surface area contributed by atoms with Gasteiger partial charge in [-0.1, -0.05) is 12.1 Å². The molecule has 1 aromatic heterocycles. The van der Waals surface area contributed by atoms with Crippen LogP contribution in [0, 0.1) is 5.82 Å². The van der Waals surface area contributed by atoms with Crippen molar-refractivity contribution in [2.45, 2.75) is 12.8 Å². The van der Waals surface area contributed by atoms with E-state index < -0.39 is 0 Å². The van der Waals surface area contributed by atoms with Crippen molar-refractivity contribution < 1.29 is 4.39 Å². The lowest BCUT2D eigenvalue weighted by atomic mass is 10.2. The number of aryl methyl sites for hydroxylation is 1. The van der Waals surface area contributed by atoms with Gasteiger partial charge < -0.3 is 20.5 Å². The topological polar surface area (TPSA) is 73.5 Å². The summed E-state index contributed by atoms with van der Waals surface area (Å²) in [6.45, 7) is 4.01. The Hall–Kier alpha value is -2.36. The minimum atomic E-state index is -0.207. The molecular weight excluding hydrogens is 482 g/mol. The summed E-state index contributed by atoms with van der Waals surface area (Å²) in [5.74, 6) is 1.38. The van der Waals surface area contributed by atoms with Crippen molar-refractivity contribution in [2.24, 2.45) is 10.7 Å². The molecule has 0 atom stereocenters. The summed E-state index contributed by atoms with van der Waals surface area (Å²) in [7, 11) is 0. The first kappa shape index (κ1) is 21.4. The first-order chi connectivity index (χ1) is 13.7. The Kier molecular flexibility index (Phi) is 7.29. The normalized spacial score (nSPS) is 14.9. The second-order valence-electron chi connectivity index (χ2n) is 6.99. The van der Waals surface area contributed by atoms with Gasteiger partial charge in [0, 0.05) is 44.8 Å². The number of nitrogens with two attached hydrogens (primary N) is 1. The third kappa shape index (κ3) is 5.37. The second-order valence-corrected chi connectivity index (χ2v) is 6.99. The average Bonchev–Trinajstić information content (AvgIpc) is 3.15. The fourth-order valence-electron chi connectivity index (χ4n) is 3.51. The van der Waals surface area contributed by atoms with Crippen LogP contribution in [0.2, 0.25) is 0 Å². The van der Waals surface area contributed by atoms with Crippen LogP contribution in [0.15, 0.2) is 53.5 Å². The van der Waals surface area contributed by atoms with Crippen LogP contribution >= 0.6 is 24.0 Å². The van der Waals surface area contributed by atoms with Gasteiger partial charge in [0.05, 0.1) is 11.0 Å². The van der Waals surface area contributed by atoms with Crippen LogP contribution in [0.4, 0.5) is 10.1 Å². The maximum Gasteiger partial charge on any atom is 0.191 e. The first-order valence-corrected chi connectivity index (χ1v) is 9.68. The molecule has 4 rings (SSSR count). The van der Waals surface area contributed by atoms with Gasteiger partial charge in [-0.3, -0.25) is 4.99 Å². The molecule has 3 N–H and O–H groups in total. The average molecular weight is 508 g/mol. The SMILES string of the molecule is I.NC(=NCCCc1nc2ccccc2[nH]1)N1CCN(c2ccc(F)cc2)CC1. The van der Waals surface area contributed by atoms with Crippen LogP contribution in [0.5, 0.6) is 0 Å². The number of para-hydroxylation sites is 2. The minimum absolute atomic E-state index is 0. The molecule has 1 fully saturated rings. The zero-order valence-corrected chi connectivity index (χ0v) is 18.6. The van der Waals surface area contributed by atoms with E-state index in [0.29, 0.717) is 12.5 Å². The van der Waals surface area contributed by atoms with Gasteiger partial charge in [0.25, 0.3) is 0 Å². The maximum absolute atomic E-state index is 13.1. The Morgan fingerprint density at radius 2 is 1.79 bits per heavy atom. The number of nitrogens with zero attached hydrogens (tertiary/aromatic N) is 4. The van der Waals surface area contributed by atoms with Crippen molar-refractivity contribution in [3.8, 4) is 0 Å². The number of nitrogens with one attached hydrogen (secondary N) is 1. The highest BCUT2D eigenvalue weighted by atomic mass is 127. The van der Waals surface area contributed by atoms with Gasteiger partial charge >= 0.3 is 0 Å². The molecule has 1 aliphatic rings. The summed E-state index contributed by atoms with van der Waals surface area (Å²) in [5, 5.41) is 0. The van der Waals surface area contributed by atoms with Gasteiger partial charge in [-0.2, -0.15) is 0 Å². The first-order valence-electron chi connectivity index (χ1n) is 9.68. The molecule has 3 aromatic rings. The standard InChI is InChI=1S/C21H25FN6.HI/c22-16-7-9-17(10-8-16)27-12-14-28(15-13-27)21(23)24-11-3-6-20-25-18-4-1-2-5-19(18)26-20;/h1-2,4-5,7-10H,3,6,11-15H2,(H2,23,24)(H,25,26);1H. The number of H-pyrrole nitrogens is 1. The van der Waals surface area contributed by atoms with E-state index in [-0.39, 0.29) is 29.8 Å². The highest BCUT2D eigenvalue weighted by Crippen LogP contribution is 2.17. The van der Waals surface area contributed by atoms with E-state index in [0.717, 1.165) is 61.6 Å². The van der Waals surface area contributed by atoms with Crippen molar-refractivity contribution in [3.05, 3.63) is 60.2 Å². The molecule has 0 unspecified atom stereocenters. The Morgan fingerprint density at radius 1 is 1.07 bits per heavy atom. The zero-order chi connectivity index (χ0) is 19.3. The van der Waals surface area contributed by atoms with Gasteiger partial charge in [0.1, 0.15) is 11.6 Å². The molecule has 29 heavy (non-hydrogen) atoms. The number of anilines is 1. The second kappa shape index (κ2) is 9.91. The van der Waals surface area contributed by atoms with E-state index in [1.165, 1.54) is 12.1 Å². The lowest BCUT2D eigenvalue weighted by Gasteiger charge is -2.36. The molecular formula is C21H26FIN6. The molecule has 1 aliphatic heterocycles. The summed E-state index contributed by atoms with van der Waals surface area (Å²) in [6.07, 6.45) is 1.75. The Bertz CT molecular complexity index is 914. The van der Waals surface area contributed by atoms with Crippen molar-refractivity contribution in [1.29, 1.82) is 0 Å². The van der Waals surface area contributed by atoms with Gasteiger partial charge in [0.2, 0.25) is 0 Å². The van der Waals surface area contributed by atoms with Gasteiger partial charge in [-0.05, 0) is 42.8 Å².